The number of benzene rings is 2. The van der Waals surface area contributed by atoms with Gasteiger partial charge in [-0.3, -0.25) is 9.59 Å². The van der Waals surface area contributed by atoms with Crippen LogP contribution in [0.4, 0.5) is 11.4 Å². The van der Waals surface area contributed by atoms with Gasteiger partial charge in [-0.2, -0.15) is 0 Å². The lowest BCUT2D eigenvalue weighted by molar-refractivity contribution is -0.129. The Bertz CT molecular complexity index is 888. The molecule has 0 spiro atoms. The van der Waals surface area contributed by atoms with E-state index >= 15 is 0 Å². The van der Waals surface area contributed by atoms with Gasteiger partial charge in [0.25, 0.3) is 0 Å². The van der Waals surface area contributed by atoms with Crippen LogP contribution in [0.25, 0.3) is 6.08 Å². The molecule has 0 aromatic heterocycles. The van der Waals surface area contributed by atoms with Crippen molar-refractivity contribution in [1.29, 1.82) is 0 Å². The number of rotatable bonds is 6. The number of carbonyl (C=O) groups is 2. The van der Waals surface area contributed by atoms with Gasteiger partial charge in [-0.25, -0.2) is 0 Å². The Labute approximate surface area is 183 Å². The van der Waals surface area contributed by atoms with E-state index in [4.69, 9.17) is 11.6 Å². The van der Waals surface area contributed by atoms with Crippen LogP contribution < -0.4 is 10.2 Å². The average Bonchev–Trinajstić information content (AvgIpc) is 3.03. The highest BCUT2D eigenvalue weighted by atomic mass is 35.5. The van der Waals surface area contributed by atoms with E-state index < -0.39 is 0 Å². The highest BCUT2D eigenvalue weighted by molar-refractivity contribution is 6.33. The number of nitrogens with zero attached hydrogens (tertiary/aromatic N) is 2. The minimum Gasteiger partial charge on any atom is -0.372 e. The van der Waals surface area contributed by atoms with Crippen molar-refractivity contribution in [3.05, 3.63) is 65.2 Å². The molecule has 5 nitrogen and oxygen atoms in total. The summed E-state index contributed by atoms with van der Waals surface area (Å²) in [6, 6.07) is 15.3. The van der Waals surface area contributed by atoms with Crippen LogP contribution in [0, 0.1) is 0 Å². The van der Waals surface area contributed by atoms with Gasteiger partial charge in [0, 0.05) is 31.9 Å². The molecule has 2 aromatic rings. The maximum absolute atomic E-state index is 12.3. The number of halogens is 1. The Morgan fingerprint density at radius 3 is 2.37 bits per heavy atom. The summed E-state index contributed by atoms with van der Waals surface area (Å²) >= 11 is 6.04. The Morgan fingerprint density at radius 1 is 1.03 bits per heavy atom. The summed E-state index contributed by atoms with van der Waals surface area (Å²) < 4.78 is 0. The van der Waals surface area contributed by atoms with Crippen molar-refractivity contribution in [2.45, 2.75) is 25.7 Å². The first-order valence-corrected chi connectivity index (χ1v) is 10.7. The van der Waals surface area contributed by atoms with Crippen LogP contribution in [0.5, 0.6) is 0 Å². The van der Waals surface area contributed by atoms with Gasteiger partial charge in [0.2, 0.25) is 11.8 Å². The molecule has 0 radical (unpaired) electrons. The number of hydrogen-bond donors (Lipinski definition) is 1. The first kappa shape index (κ1) is 21.9. The van der Waals surface area contributed by atoms with E-state index in [2.05, 4.69) is 22.3 Å². The fourth-order valence-electron chi connectivity index (χ4n) is 3.47. The molecule has 1 N–H and O–H groups in total. The molecule has 1 heterocycles. The fourth-order valence-corrected chi connectivity index (χ4v) is 3.65. The molecule has 0 unspecified atom stereocenters. The van der Waals surface area contributed by atoms with E-state index in [1.807, 2.05) is 12.1 Å². The first-order valence-electron chi connectivity index (χ1n) is 10.4. The number of likely N-dealkylation sites (N-methyl/N-ethyl adjacent to an activating group) is 1. The first-order chi connectivity index (χ1) is 14.5. The van der Waals surface area contributed by atoms with Crippen LogP contribution in [0.15, 0.2) is 54.6 Å². The van der Waals surface area contributed by atoms with Crippen molar-refractivity contribution < 1.29 is 9.59 Å². The standard InChI is InChI=1S/C24H28ClN3O2/c1-27(18-23(29)26-22-9-5-4-8-21(22)25)24(30)15-12-19-10-13-20(14-11-19)28-16-6-2-3-7-17-28/h4-5,8-15H,2-3,6-7,16-18H2,1H3,(H,26,29)/b15-12+. The van der Waals surface area contributed by atoms with Gasteiger partial charge in [0.1, 0.15) is 0 Å². The van der Waals surface area contributed by atoms with Gasteiger partial charge >= 0.3 is 0 Å². The normalized spacial score (nSPS) is 14.4. The van der Waals surface area contributed by atoms with Crippen LogP contribution >= 0.6 is 11.6 Å². The lowest BCUT2D eigenvalue weighted by Gasteiger charge is -2.22. The molecule has 3 rings (SSSR count). The van der Waals surface area contributed by atoms with E-state index in [1.54, 1.807) is 37.4 Å². The molecule has 0 bridgehead atoms. The summed E-state index contributed by atoms with van der Waals surface area (Å²) in [5, 5.41) is 3.18. The third-order valence-electron chi connectivity index (χ3n) is 5.19. The summed E-state index contributed by atoms with van der Waals surface area (Å²) in [6.45, 7) is 2.16. The third kappa shape index (κ3) is 6.36. The zero-order valence-electron chi connectivity index (χ0n) is 17.3. The lowest BCUT2D eigenvalue weighted by Crippen LogP contribution is -2.33. The van der Waals surface area contributed by atoms with Crippen LogP contribution in [-0.2, 0) is 9.59 Å². The molecular weight excluding hydrogens is 398 g/mol. The SMILES string of the molecule is CN(CC(=O)Nc1ccccc1Cl)C(=O)/C=C/c1ccc(N2CCCCCC2)cc1. The smallest absolute Gasteiger partial charge is 0.246 e. The number of anilines is 2. The van der Waals surface area contributed by atoms with Crippen molar-refractivity contribution in [2.75, 3.05) is 36.9 Å². The summed E-state index contributed by atoms with van der Waals surface area (Å²) in [5.74, 6) is -0.532. The van der Waals surface area contributed by atoms with Crippen molar-refractivity contribution >= 4 is 40.9 Å². The van der Waals surface area contributed by atoms with Crippen LogP contribution in [0.2, 0.25) is 5.02 Å². The lowest BCUT2D eigenvalue weighted by atomic mass is 10.1. The van der Waals surface area contributed by atoms with Gasteiger partial charge in [-0.1, -0.05) is 48.7 Å². The Kier molecular flexibility index (Phi) is 7.91. The summed E-state index contributed by atoms with van der Waals surface area (Å²) in [5.41, 5.74) is 2.72. The van der Waals surface area contributed by atoms with Crippen molar-refractivity contribution in [1.82, 2.24) is 4.90 Å². The molecule has 1 aliphatic rings. The van der Waals surface area contributed by atoms with Crippen molar-refractivity contribution in [3.63, 3.8) is 0 Å². The maximum Gasteiger partial charge on any atom is 0.246 e. The van der Waals surface area contributed by atoms with E-state index in [-0.39, 0.29) is 18.4 Å². The van der Waals surface area contributed by atoms with E-state index in [0.717, 1.165) is 18.7 Å². The van der Waals surface area contributed by atoms with Gasteiger partial charge in [-0.05, 0) is 48.7 Å². The number of hydrogen-bond acceptors (Lipinski definition) is 3. The van der Waals surface area contributed by atoms with E-state index in [0.29, 0.717) is 10.7 Å². The molecule has 6 heteroatoms. The number of para-hydroxylation sites is 1. The second-order valence-corrected chi connectivity index (χ2v) is 7.96. The third-order valence-corrected chi connectivity index (χ3v) is 5.52. The summed E-state index contributed by atoms with van der Waals surface area (Å²) in [6.07, 6.45) is 8.37. The predicted molar refractivity (Wildman–Crippen MR) is 124 cm³/mol. The zero-order chi connectivity index (χ0) is 21.3. The Hall–Kier alpha value is -2.79. The van der Waals surface area contributed by atoms with Gasteiger partial charge in [0.15, 0.2) is 0 Å². The monoisotopic (exact) mass is 425 g/mol. The highest BCUT2D eigenvalue weighted by Crippen LogP contribution is 2.21. The van der Waals surface area contributed by atoms with E-state index in [1.165, 1.54) is 42.3 Å². The molecule has 2 amide bonds. The van der Waals surface area contributed by atoms with Crippen molar-refractivity contribution in [3.8, 4) is 0 Å². The van der Waals surface area contributed by atoms with E-state index in [9.17, 15) is 9.59 Å². The minimum atomic E-state index is -0.297. The van der Waals surface area contributed by atoms with Crippen LogP contribution in [0.3, 0.4) is 0 Å². The Balaban J connectivity index is 1.51. The molecule has 30 heavy (non-hydrogen) atoms. The molecule has 158 valence electrons. The molecule has 2 aromatic carbocycles. The largest absolute Gasteiger partial charge is 0.372 e. The fraction of sp³-hybridized carbons (Fsp3) is 0.333. The molecule has 1 fully saturated rings. The maximum atomic E-state index is 12.3. The second kappa shape index (κ2) is 10.8. The molecule has 0 aliphatic carbocycles. The Morgan fingerprint density at radius 2 is 1.70 bits per heavy atom. The summed E-state index contributed by atoms with van der Waals surface area (Å²) in [4.78, 5) is 28.3. The number of nitrogens with one attached hydrogen (secondary N) is 1. The molecule has 0 saturated carbocycles. The average molecular weight is 426 g/mol. The zero-order valence-corrected chi connectivity index (χ0v) is 18.1. The van der Waals surface area contributed by atoms with Crippen LogP contribution in [-0.4, -0.2) is 43.4 Å². The van der Waals surface area contributed by atoms with Gasteiger partial charge in [0.05, 0.1) is 17.3 Å². The quantitative estimate of drug-likeness (QED) is 0.674. The molecule has 0 atom stereocenters. The minimum absolute atomic E-state index is 0.0533. The molecule has 1 aliphatic heterocycles. The topological polar surface area (TPSA) is 52.7 Å². The highest BCUT2D eigenvalue weighted by Gasteiger charge is 2.12. The van der Waals surface area contributed by atoms with Gasteiger partial charge in [-0.15, -0.1) is 0 Å². The summed E-state index contributed by atoms with van der Waals surface area (Å²) in [7, 11) is 1.60. The number of amides is 2. The molecule has 1 saturated heterocycles. The van der Waals surface area contributed by atoms with Gasteiger partial charge < -0.3 is 15.1 Å². The predicted octanol–water partition coefficient (Wildman–Crippen LogP) is 4.83. The molecular formula is C24H28ClN3O2. The van der Waals surface area contributed by atoms with Crippen molar-refractivity contribution in [2.24, 2.45) is 0 Å². The second-order valence-electron chi connectivity index (χ2n) is 7.55. The number of carbonyl (C=O) groups excluding carboxylic acids is 2. The van der Waals surface area contributed by atoms with Crippen LogP contribution in [0.1, 0.15) is 31.2 Å².